The van der Waals surface area contributed by atoms with Gasteiger partial charge in [-0.25, -0.2) is 0 Å². The molecule has 2 rings (SSSR count). The summed E-state index contributed by atoms with van der Waals surface area (Å²) in [6.07, 6.45) is 1.76. The minimum atomic E-state index is 0. The number of ether oxygens (including phenoxy) is 1. The molecule has 0 bridgehead atoms. The van der Waals surface area contributed by atoms with Crippen molar-refractivity contribution in [2.24, 2.45) is 0 Å². The first-order chi connectivity index (χ1) is 5.40. The van der Waals surface area contributed by atoms with E-state index >= 15 is 0 Å². The Bertz CT molecular complexity index is 278. The molecule has 0 saturated heterocycles. The molecule has 0 fully saturated rings. The van der Waals surface area contributed by atoms with E-state index in [2.05, 4.69) is 10.3 Å². The molecule has 1 aliphatic rings. The molecular formula is C8H11ClN2O. The summed E-state index contributed by atoms with van der Waals surface area (Å²) in [5.41, 5.74) is 2.40. The first-order valence-electron chi connectivity index (χ1n) is 3.62. The molecule has 0 atom stereocenters. The van der Waals surface area contributed by atoms with E-state index in [1.165, 1.54) is 5.56 Å². The third-order valence-electron chi connectivity index (χ3n) is 1.88. The van der Waals surface area contributed by atoms with Crippen LogP contribution in [0.15, 0.2) is 12.3 Å². The van der Waals surface area contributed by atoms with Crippen LogP contribution in [0.3, 0.4) is 0 Å². The molecule has 1 aliphatic heterocycles. The summed E-state index contributed by atoms with van der Waals surface area (Å²) in [7, 11) is 1.66. The molecule has 0 amide bonds. The fraction of sp³-hybridized carbons (Fsp3) is 0.375. The minimum Gasteiger partial charge on any atom is -0.495 e. The Balaban J connectivity index is 0.000000720. The number of nitrogens with zero attached hydrogens (tertiary/aromatic N) is 1. The van der Waals surface area contributed by atoms with Gasteiger partial charge in [0.1, 0.15) is 5.75 Å². The van der Waals surface area contributed by atoms with Gasteiger partial charge >= 0.3 is 0 Å². The van der Waals surface area contributed by atoms with Crippen LogP contribution in [-0.2, 0) is 13.1 Å². The highest BCUT2D eigenvalue weighted by atomic mass is 35.5. The average molecular weight is 187 g/mol. The van der Waals surface area contributed by atoms with E-state index in [9.17, 15) is 0 Å². The highest BCUT2D eigenvalue weighted by Gasteiger charge is 2.11. The monoisotopic (exact) mass is 186 g/mol. The van der Waals surface area contributed by atoms with Crippen LogP contribution >= 0.6 is 12.4 Å². The SMILES string of the molecule is COc1cnc2c(c1)CNC2.Cl. The van der Waals surface area contributed by atoms with E-state index in [4.69, 9.17) is 4.74 Å². The van der Waals surface area contributed by atoms with Crippen LogP contribution in [0.25, 0.3) is 0 Å². The van der Waals surface area contributed by atoms with Gasteiger partial charge in [0.2, 0.25) is 0 Å². The Morgan fingerprint density at radius 3 is 3.08 bits per heavy atom. The molecule has 66 valence electrons. The molecule has 0 saturated carbocycles. The molecular weight excluding hydrogens is 176 g/mol. The number of methoxy groups -OCH3 is 1. The van der Waals surface area contributed by atoms with E-state index in [0.29, 0.717) is 0 Å². The quantitative estimate of drug-likeness (QED) is 0.714. The number of rotatable bonds is 1. The number of hydrogen-bond donors (Lipinski definition) is 1. The molecule has 0 aromatic carbocycles. The molecule has 12 heavy (non-hydrogen) atoms. The first-order valence-corrected chi connectivity index (χ1v) is 3.62. The van der Waals surface area contributed by atoms with E-state index in [1.54, 1.807) is 13.3 Å². The fourth-order valence-corrected chi connectivity index (χ4v) is 1.26. The smallest absolute Gasteiger partial charge is 0.137 e. The molecule has 3 nitrogen and oxygen atoms in total. The summed E-state index contributed by atoms with van der Waals surface area (Å²) in [6, 6.07) is 2.03. The van der Waals surface area contributed by atoms with Crippen molar-refractivity contribution in [2.45, 2.75) is 13.1 Å². The molecule has 1 N–H and O–H groups in total. The summed E-state index contributed by atoms with van der Waals surface area (Å²) in [5.74, 6) is 0.840. The molecule has 1 aromatic rings. The maximum absolute atomic E-state index is 5.05. The molecule has 1 aromatic heterocycles. The largest absolute Gasteiger partial charge is 0.495 e. The number of pyridine rings is 1. The van der Waals surface area contributed by atoms with Crippen molar-refractivity contribution in [3.8, 4) is 5.75 Å². The van der Waals surface area contributed by atoms with Gasteiger partial charge in [-0.1, -0.05) is 0 Å². The van der Waals surface area contributed by atoms with Crippen molar-refractivity contribution in [1.29, 1.82) is 0 Å². The Morgan fingerprint density at radius 2 is 2.33 bits per heavy atom. The normalized spacial score (nSPS) is 13.4. The number of aromatic nitrogens is 1. The lowest BCUT2D eigenvalue weighted by atomic mass is 10.2. The number of halogens is 1. The lowest BCUT2D eigenvalue weighted by Crippen LogP contribution is -2.00. The van der Waals surface area contributed by atoms with Crippen molar-refractivity contribution in [3.05, 3.63) is 23.5 Å². The van der Waals surface area contributed by atoms with Crippen LogP contribution in [0.5, 0.6) is 5.75 Å². The van der Waals surface area contributed by atoms with E-state index in [0.717, 1.165) is 24.5 Å². The van der Waals surface area contributed by atoms with Crippen molar-refractivity contribution < 1.29 is 4.74 Å². The predicted molar refractivity (Wildman–Crippen MR) is 48.6 cm³/mol. The van der Waals surface area contributed by atoms with Crippen molar-refractivity contribution in [1.82, 2.24) is 10.3 Å². The van der Waals surface area contributed by atoms with E-state index in [-0.39, 0.29) is 12.4 Å². The van der Waals surface area contributed by atoms with Crippen LogP contribution < -0.4 is 10.1 Å². The molecule has 2 heterocycles. The van der Waals surface area contributed by atoms with Crippen molar-refractivity contribution in [3.63, 3.8) is 0 Å². The fourth-order valence-electron chi connectivity index (χ4n) is 1.26. The van der Waals surface area contributed by atoms with E-state index in [1.807, 2.05) is 6.07 Å². The molecule has 4 heteroatoms. The van der Waals surface area contributed by atoms with Gasteiger partial charge in [-0.3, -0.25) is 4.98 Å². The van der Waals surface area contributed by atoms with Crippen LogP contribution in [-0.4, -0.2) is 12.1 Å². The summed E-state index contributed by atoms with van der Waals surface area (Å²) >= 11 is 0. The maximum Gasteiger partial charge on any atom is 0.137 e. The Hall–Kier alpha value is -0.800. The van der Waals surface area contributed by atoms with Crippen LogP contribution in [0.1, 0.15) is 11.3 Å². The lowest BCUT2D eigenvalue weighted by molar-refractivity contribution is 0.412. The van der Waals surface area contributed by atoms with Gasteiger partial charge in [0, 0.05) is 13.1 Å². The zero-order chi connectivity index (χ0) is 7.68. The van der Waals surface area contributed by atoms with E-state index < -0.39 is 0 Å². The highest BCUT2D eigenvalue weighted by Crippen LogP contribution is 2.17. The van der Waals surface area contributed by atoms with Crippen LogP contribution in [0, 0.1) is 0 Å². The van der Waals surface area contributed by atoms with Crippen molar-refractivity contribution in [2.75, 3.05) is 7.11 Å². The molecule has 0 aliphatic carbocycles. The van der Waals surface area contributed by atoms with Gasteiger partial charge in [-0.15, -0.1) is 12.4 Å². The van der Waals surface area contributed by atoms with Gasteiger partial charge < -0.3 is 10.1 Å². The molecule has 0 spiro atoms. The minimum absolute atomic E-state index is 0. The predicted octanol–water partition coefficient (Wildman–Crippen LogP) is 1.12. The first kappa shape index (κ1) is 9.29. The van der Waals surface area contributed by atoms with Gasteiger partial charge in [0.15, 0.2) is 0 Å². The maximum atomic E-state index is 5.05. The second-order valence-electron chi connectivity index (χ2n) is 2.58. The molecule has 0 unspecified atom stereocenters. The number of nitrogens with one attached hydrogen (secondary N) is 1. The summed E-state index contributed by atoms with van der Waals surface area (Å²) in [5, 5.41) is 3.22. The Kier molecular flexibility index (Phi) is 2.89. The second-order valence-corrected chi connectivity index (χ2v) is 2.58. The standard InChI is InChI=1S/C8H10N2O.ClH/c1-11-7-2-6-3-9-5-8(6)10-4-7;/h2,4,9H,3,5H2,1H3;1H. The topological polar surface area (TPSA) is 34.1 Å². The zero-order valence-electron chi connectivity index (χ0n) is 6.83. The number of hydrogen-bond acceptors (Lipinski definition) is 3. The summed E-state index contributed by atoms with van der Waals surface area (Å²) < 4.78 is 5.05. The summed E-state index contributed by atoms with van der Waals surface area (Å²) in [6.45, 7) is 1.80. The van der Waals surface area contributed by atoms with Crippen LogP contribution in [0.4, 0.5) is 0 Å². The van der Waals surface area contributed by atoms with Gasteiger partial charge in [-0.2, -0.15) is 0 Å². The molecule has 0 radical (unpaired) electrons. The average Bonchev–Trinajstić information content (AvgIpc) is 2.50. The second kappa shape index (κ2) is 3.74. The highest BCUT2D eigenvalue weighted by molar-refractivity contribution is 5.85. The lowest BCUT2D eigenvalue weighted by Gasteiger charge is -2.00. The van der Waals surface area contributed by atoms with Gasteiger partial charge in [0.25, 0.3) is 0 Å². The van der Waals surface area contributed by atoms with Crippen molar-refractivity contribution >= 4 is 12.4 Å². The van der Waals surface area contributed by atoms with Gasteiger partial charge in [-0.05, 0) is 11.6 Å². The number of fused-ring (bicyclic) bond motifs is 1. The third-order valence-corrected chi connectivity index (χ3v) is 1.88. The third kappa shape index (κ3) is 1.52. The Morgan fingerprint density at radius 1 is 1.50 bits per heavy atom. The zero-order valence-corrected chi connectivity index (χ0v) is 7.65. The van der Waals surface area contributed by atoms with Gasteiger partial charge in [0.05, 0.1) is 19.0 Å². The Labute approximate surface area is 77.6 Å². The summed E-state index contributed by atoms with van der Waals surface area (Å²) in [4.78, 5) is 4.24. The van der Waals surface area contributed by atoms with Crippen LogP contribution in [0.2, 0.25) is 0 Å².